The quantitative estimate of drug-likeness (QED) is 0.803. The molecule has 0 aromatic carbocycles. The normalized spacial score (nSPS) is 16.8. The Morgan fingerprint density at radius 2 is 2.04 bits per heavy atom. The fourth-order valence-corrected chi connectivity index (χ4v) is 4.78. The number of piperidine rings is 1. The third kappa shape index (κ3) is 4.99. The second-order valence-electron chi connectivity index (χ2n) is 6.91. The van der Waals surface area contributed by atoms with Crippen LogP contribution in [0.4, 0.5) is 0 Å². The first-order valence-electron chi connectivity index (χ1n) is 9.06. The predicted octanol–water partition coefficient (Wildman–Crippen LogP) is 2.65. The number of hydrogen-bond acceptors (Lipinski definition) is 6. The molecule has 1 N–H and O–H groups in total. The van der Waals surface area contributed by atoms with Crippen molar-refractivity contribution in [2.24, 2.45) is 0 Å². The van der Waals surface area contributed by atoms with Gasteiger partial charge in [0, 0.05) is 11.9 Å². The number of fused-ring (bicyclic) bond motifs is 1. The van der Waals surface area contributed by atoms with Crippen LogP contribution in [-0.4, -0.2) is 50.9 Å². The van der Waals surface area contributed by atoms with Gasteiger partial charge in [-0.15, -0.1) is 41.2 Å². The first kappa shape index (κ1) is 22.1. The number of carbonyl (C=O) groups is 1. The van der Waals surface area contributed by atoms with Crippen molar-refractivity contribution in [3.8, 4) is 0 Å². The Kier molecular flexibility index (Phi) is 8.03. The molecule has 0 spiro atoms. The van der Waals surface area contributed by atoms with Gasteiger partial charge < -0.3 is 10.2 Å². The van der Waals surface area contributed by atoms with Crippen LogP contribution in [0.25, 0.3) is 0 Å². The number of thiazole rings is 1. The standard InChI is InChI=1S/C17H24N6OS.2ClH/c1-22(11-16-19-13-4-2-3-5-15(13)25-16)17(24)14-10-23(21-20-14)12-6-8-18-9-7-12;;/h10,12,18H,2-9,11H2,1H3;2*1H. The van der Waals surface area contributed by atoms with Gasteiger partial charge in [-0.3, -0.25) is 4.79 Å². The van der Waals surface area contributed by atoms with Crippen LogP contribution in [0.5, 0.6) is 0 Å². The summed E-state index contributed by atoms with van der Waals surface area (Å²) in [7, 11) is 1.81. The van der Waals surface area contributed by atoms with Crippen molar-refractivity contribution in [1.82, 2.24) is 30.2 Å². The summed E-state index contributed by atoms with van der Waals surface area (Å²) in [5.74, 6) is -0.0895. The van der Waals surface area contributed by atoms with Crippen LogP contribution in [0.3, 0.4) is 0 Å². The minimum absolute atomic E-state index is 0. The number of halogens is 2. The van der Waals surface area contributed by atoms with E-state index in [2.05, 4.69) is 15.6 Å². The van der Waals surface area contributed by atoms with E-state index < -0.39 is 0 Å². The monoisotopic (exact) mass is 432 g/mol. The van der Waals surface area contributed by atoms with Gasteiger partial charge in [-0.1, -0.05) is 5.21 Å². The average Bonchev–Trinajstić information content (AvgIpc) is 3.28. The maximum atomic E-state index is 12.7. The Hall–Kier alpha value is -1.22. The SMILES string of the molecule is CN(Cc1nc2c(s1)CCCC2)C(=O)c1cn(C2CCNCC2)nn1.Cl.Cl. The fourth-order valence-electron chi connectivity index (χ4n) is 3.57. The number of amides is 1. The third-order valence-corrected chi connectivity index (χ3v) is 6.16. The zero-order valence-corrected chi connectivity index (χ0v) is 17.8. The first-order valence-corrected chi connectivity index (χ1v) is 9.88. The number of aryl methyl sites for hydroxylation is 2. The minimum Gasteiger partial charge on any atom is -0.333 e. The van der Waals surface area contributed by atoms with Crippen molar-refractivity contribution in [2.75, 3.05) is 20.1 Å². The predicted molar refractivity (Wildman–Crippen MR) is 110 cm³/mol. The molecule has 4 rings (SSSR count). The number of rotatable bonds is 4. The van der Waals surface area contributed by atoms with Crippen LogP contribution in [0, 0.1) is 0 Å². The smallest absolute Gasteiger partial charge is 0.276 e. The highest BCUT2D eigenvalue weighted by Gasteiger charge is 2.22. The Bertz CT molecular complexity index is 735. The highest BCUT2D eigenvalue weighted by atomic mass is 35.5. The van der Waals surface area contributed by atoms with Gasteiger partial charge in [0.05, 0.1) is 24.5 Å². The van der Waals surface area contributed by atoms with E-state index in [0.29, 0.717) is 18.3 Å². The highest BCUT2D eigenvalue weighted by Crippen LogP contribution is 2.27. The first-order chi connectivity index (χ1) is 12.2. The number of nitrogens with zero attached hydrogens (tertiary/aromatic N) is 5. The van der Waals surface area contributed by atoms with Gasteiger partial charge in [0.2, 0.25) is 0 Å². The van der Waals surface area contributed by atoms with Gasteiger partial charge in [0.15, 0.2) is 5.69 Å². The molecule has 0 radical (unpaired) electrons. The largest absolute Gasteiger partial charge is 0.333 e. The fraction of sp³-hybridized carbons (Fsp3) is 0.647. The molecule has 10 heteroatoms. The summed E-state index contributed by atoms with van der Waals surface area (Å²) in [4.78, 5) is 20.5. The average molecular weight is 433 g/mol. The van der Waals surface area contributed by atoms with Crippen LogP contribution >= 0.6 is 36.2 Å². The van der Waals surface area contributed by atoms with Crippen LogP contribution < -0.4 is 5.32 Å². The second kappa shape index (κ2) is 9.82. The molecule has 0 unspecified atom stereocenters. The number of nitrogens with one attached hydrogen (secondary N) is 1. The lowest BCUT2D eigenvalue weighted by Gasteiger charge is -2.22. The van der Waals surface area contributed by atoms with Crippen LogP contribution in [0.1, 0.15) is 57.8 Å². The maximum absolute atomic E-state index is 12.7. The van der Waals surface area contributed by atoms with Crippen LogP contribution in [-0.2, 0) is 19.4 Å². The minimum atomic E-state index is -0.0895. The molecule has 7 nitrogen and oxygen atoms in total. The molecule has 0 bridgehead atoms. The lowest BCUT2D eigenvalue weighted by molar-refractivity contribution is 0.0779. The molecule has 1 aliphatic carbocycles. The van der Waals surface area contributed by atoms with Crippen molar-refractivity contribution in [3.63, 3.8) is 0 Å². The molecule has 1 aliphatic heterocycles. The van der Waals surface area contributed by atoms with E-state index >= 15 is 0 Å². The molecule has 2 aliphatic rings. The zero-order chi connectivity index (χ0) is 17.2. The van der Waals surface area contributed by atoms with E-state index in [4.69, 9.17) is 4.98 Å². The summed E-state index contributed by atoms with van der Waals surface area (Å²) in [5.41, 5.74) is 1.66. The molecule has 1 saturated heterocycles. The van der Waals surface area contributed by atoms with E-state index in [-0.39, 0.29) is 30.7 Å². The Morgan fingerprint density at radius 1 is 1.30 bits per heavy atom. The third-order valence-electron chi connectivity index (χ3n) is 5.02. The maximum Gasteiger partial charge on any atom is 0.276 e. The van der Waals surface area contributed by atoms with Crippen molar-refractivity contribution >= 4 is 42.1 Å². The van der Waals surface area contributed by atoms with Gasteiger partial charge in [0.1, 0.15) is 5.01 Å². The lowest BCUT2D eigenvalue weighted by atomic mass is 10.0. The Balaban J connectivity index is 0.00000131. The zero-order valence-electron chi connectivity index (χ0n) is 15.4. The molecule has 2 aromatic heterocycles. The lowest BCUT2D eigenvalue weighted by Crippen LogP contribution is -2.29. The van der Waals surface area contributed by atoms with Gasteiger partial charge in [0.25, 0.3) is 5.91 Å². The van der Waals surface area contributed by atoms with E-state index in [0.717, 1.165) is 43.8 Å². The van der Waals surface area contributed by atoms with Gasteiger partial charge >= 0.3 is 0 Å². The van der Waals surface area contributed by atoms with E-state index in [1.54, 1.807) is 22.4 Å². The van der Waals surface area contributed by atoms with Gasteiger partial charge in [-0.25, -0.2) is 9.67 Å². The summed E-state index contributed by atoms with van der Waals surface area (Å²) in [6, 6.07) is 0.339. The van der Waals surface area contributed by atoms with E-state index in [1.165, 1.54) is 23.4 Å². The molecule has 1 fully saturated rings. The van der Waals surface area contributed by atoms with Crippen molar-refractivity contribution in [1.29, 1.82) is 0 Å². The molecular weight excluding hydrogens is 407 g/mol. The van der Waals surface area contributed by atoms with Crippen LogP contribution in [0.2, 0.25) is 0 Å². The number of carbonyl (C=O) groups excluding carboxylic acids is 1. The summed E-state index contributed by atoms with van der Waals surface area (Å²) in [6.45, 7) is 2.52. The molecule has 2 aromatic rings. The summed E-state index contributed by atoms with van der Waals surface area (Å²) >= 11 is 1.75. The molecule has 0 atom stereocenters. The van der Waals surface area contributed by atoms with Gasteiger partial charge in [-0.2, -0.15) is 0 Å². The van der Waals surface area contributed by atoms with Gasteiger partial charge in [-0.05, 0) is 51.6 Å². The highest BCUT2D eigenvalue weighted by molar-refractivity contribution is 7.11. The van der Waals surface area contributed by atoms with Crippen molar-refractivity contribution < 1.29 is 4.79 Å². The topological polar surface area (TPSA) is 75.9 Å². The van der Waals surface area contributed by atoms with Crippen LogP contribution in [0.15, 0.2) is 6.20 Å². The summed E-state index contributed by atoms with van der Waals surface area (Å²) in [6.07, 6.45) is 8.54. The number of hydrogen-bond donors (Lipinski definition) is 1. The molecule has 150 valence electrons. The molecule has 27 heavy (non-hydrogen) atoms. The molecular formula is C17H26Cl2N6OS. The van der Waals surface area contributed by atoms with E-state index in [1.807, 2.05) is 11.7 Å². The van der Waals surface area contributed by atoms with Crippen molar-refractivity contribution in [3.05, 3.63) is 27.5 Å². The molecule has 1 amide bonds. The Labute approximate surface area is 175 Å². The van der Waals surface area contributed by atoms with Crippen molar-refractivity contribution in [2.45, 2.75) is 51.1 Å². The summed E-state index contributed by atoms with van der Waals surface area (Å²) < 4.78 is 1.85. The number of aromatic nitrogens is 4. The summed E-state index contributed by atoms with van der Waals surface area (Å²) in [5, 5.41) is 12.6. The molecule has 0 saturated carbocycles. The Morgan fingerprint density at radius 3 is 2.78 bits per heavy atom. The van der Waals surface area contributed by atoms with E-state index in [9.17, 15) is 4.79 Å². The second-order valence-corrected chi connectivity index (χ2v) is 8.08. The molecule has 3 heterocycles.